The van der Waals surface area contributed by atoms with Gasteiger partial charge in [0.05, 0.1) is 6.33 Å². The minimum Gasteiger partial charge on any atom is -0.339 e. The van der Waals surface area contributed by atoms with E-state index in [9.17, 15) is 9.59 Å². The zero-order valence-electron chi connectivity index (χ0n) is 14.5. The Balaban J connectivity index is 1.70. The lowest BCUT2D eigenvalue weighted by Gasteiger charge is -2.31. The highest BCUT2D eigenvalue weighted by molar-refractivity contribution is 5.80. The maximum absolute atomic E-state index is 12.6. The summed E-state index contributed by atoms with van der Waals surface area (Å²) >= 11 is 0. The van der Waals surface area contributed by atoms with Gasteiger partial charge in [-0.3, -0.25) is 9.59 Å². The summed E-state index contributed by atoms with van der Waals surface area (Å²) in [6.45, 7) is 4.00. The zero-order valence-corrected chi connectivity index (χ0v) is 14.5. The molecule has 1 aliphatic heterocycles. The van der Waals surface area contributed by atoms with E-state index in [4.69, 9.17) is 0 Å². The molecular weight excluding hydrogens is 316 g/mol. The maximum Gasteiger partial charge on any atom is 0.242 e. The fourth-order valence-corrected chi connectivity index (χ4v) is 3.23. The molecule has 2 amide bonds. The van der Waals surface area contributed by atoms with Crippen molar-refractivity contribution in [2.45, 2.75) is 38.9 Å². The van der Waals surface area contributed by atoms with Crippen molar-refractivity contribution in [3.8, 4) is 0 Å². The number of amides is 2. The van der Waals surface area contributed by atoms with Crippen LogP contribution >= 0.6 is 0 Å². The van der Waals surface area contributed by atoms with E-state index in [1.54, 1.807) is 23.3 Å². The second-order valence-corrected chi connectivity index (χ2v) is 6.39. The molecule has 0 bridgehead atoms. The number of hydrogen-bond acceptors (Lipinski definition) is 3. The molecule has 0 aliphatic carbocycles. The summed E-state index contributed by atoms with van der Waals surface area (Å²) in [7, 11) is 0. The average molecular weight is 340 g/mol. The summed E-state index contributed by atoms with van der Waals surface area (Å²) < 4.78 is 1.76. The molecule has 0 radical (unpaired) electrons. The molecule has 1 aliphatic rings. The van der Waals surface area contributed by atoms with E-state index in [2.05, 4.69) is 11.9 Å². The Morgan fingerprint density at radius 1 is 1.28 bits per heavy atom. The van der Waals surface area contributed by atoms with E-state index in [1.807, 2.05) is 40.1 Å². The summed E-state index contributed by atoms with van der Waals surface area (Å²) in [6.07, 6.45) is 6.28. The van der Waals surface area contributed by atoms with E-state index >= 15 is 0 Å². The molecule has 0 saturated carbocycles. The zero-order chi connectivity index (χ0) is 17.6. The number of carbonyl (C=O) groups excluding carboxylic acids is 2. The van der Waals surface area contributed by atoms with Crippen LogP contribution in [0.3, 0.4) is 0 Å². The molecule has 0 spiro atoms. The van der Waals surface area contributed by atoms with Crippen LogP contribution in [0.5, 0.6) is 0 Å². The summed E-state index contributed by atoms with van der Waals surface area (Å²) in [6, 6.07) is 10.1. The van der Waals surface area contributed by atoms with Crippen LogP contribution in [0, 0.1) is 0 Å². The fraction of sp³-hybridized carbons (Fsp3) is 0.421. The van der Waals surface area contributed by atoms with Crippen molar-refractivity contribution in [2.75, 3.05) is 13.1 Å². The second-order valence-electron chi connectivity index (χ2n) is 6.39. The first-order valence-corrected chi connectivity index (χ1v) is 8.74. The minimum atomic E-state index is 0.0332. The molecule has 2 heterocycles. The summed E-state index contributed by atoms with van der Waals surface area (Å²) in [5.41, 5.74) is 1.12. The van der Waals surface area contributed by atoms with Gasteiger partial charge in [-0.2, -0.15) is 0 Å². The van der Waals surface area contributed by atoms with E-state index in [0.29, 0.717) is 26.1 Å². The Hall–Kier alpha value is -2.63. The van der Waals surface area contributed by atoms with Crippen molar-refractivity contribution >= 4 is 11.8 Å². The third kappa shape index (κ3) is 4.26. The molecule has 6 heteroatoms. The first kappa shape index (κ1) is 17.2. The van der Waals surface area contributed by atoms with E-state index < -0.39 is 0 Å². The Morgan fingerprint density at radius 2 is 2.08 bits per heavy atom. The van der Waals surface area contributed by atoms with E-state index in [0.717, 1.165) is 12.0 Å². The van der Waals surface area contributed by atoms with Crippen LogP contribution in [0.25, 0.3) is 0 Å². The average Bonchev–Trinajstić information content (AvgIpc) is 3.08. The molecule has 25 heavy (non-hydrogen) atoms. The van der Waals surface area contributed by atoms with Crippen molar-refractivity contribution < 1.29 is 9.59 Å². The predicted octanol–water partition coefficient (Wildman–Crippen LogP) is 1.92. The number of nitrogens with zero attached hydrogens (tertiary/aromatic N) is 4. The number of hydrogen-bond donors (Lipinski definition) is 0. The Bertz CT molecular complexity index is 699. The van der Waals surface area contributed by atoms with Gasteiger partial charge in [0, 0.05) is 44.5 Å². The standard InChI is InChI=1S/C19H24N4O2/c1-2-17-13-22(19(25)14-21-11-9-20-15-21)10-8-18(24)23(17)12-16-6-4-3-5-7-16/h3-7,9,11,15,17H,2,8,10,12-14H2,1H3/t17-/m0/s1. The predicted molar refractivity (Wildman–Crippen MR) is 94.5 cm³/mol. The van der Waals surface area contributed by atoms with Crippen LogP contribution in [0.1, 0.15) is 25.3 Å². The van der Waals surface area contributed by atoms with Crippen LogP contribution in [0.15, 0.2) is 49.1 Å². The van der Waals surface area contributed by atoms with Gasteiger partial charge in [0.25, 0.3) is 0 Å². The number of imidazole rings is 1. The third-order valence-electron chi connectivity index (χ3n) is 4.68. The number of rotatable bonds is 5. The van der Waals surface area contributed by atoms with Gasteiger partial charge in [-0.05, 0) is 12.0 Å². The molecule has 1 aromatic heterocycles. The summed E-state index contributed by atoms with van der Waals surface area (Å²) in [5, 5.41) is 0. The lowest BCUT2D eigenvalue weighted by molar-refractivity contribution is -0.133. The quantitative estimate of drug-likeness (QED) is 0.835. The Labute approximate surface area is 148 Å². The van der Waals surface area contributed by atoms with Crippen LogP contribution in [0.4, 0.5) is 0 Å². The van der Waals surface area contributed by atoms with Crippen molar-refractivity contribution in [3.63, 3.8) is 0 Å². The van der Waals surface area contributed by atoms with Gasteiger partial charge >= 0.3 is 0 Å². The van der Waals surface area contributed by atoms with Gasteiger partial charge in [-0.25, -0.2) is 4.98 Å². The molecule has 2 aromatic rings. The molecule has 1 saturated heterocycles. The van der Waals surface area contributed by atoms with E-state index in [-0.39, 0.29) is 24.4 Å². The Morgan fingerprint density at radius 3 is 2.76 bits per heavy atom. The maximum atomic E-state index is 12.6. The van der Waals surface area contributed by atoms with Gasteiger partial charge < -0.3 is 14.4 Å². The van der Waals surface area contributed by atoms with Gasteiger partial charge in [-0.1, -0.05) is 37.3 Å². The molecule has 1 aromatic carbocycles. The molecule has 132 valence electrons. The highest BCUT2D eigenvalue weighted by Crippen LogP contribution is 2.18. The van der Waals surface area contributed by atoms with Crippen LogP contribution in [-0.4, -0.2) is 50.3 Å². The Kier molecular flexibility index (Phi) is 5.48. The van der Waals surface area contributed by atoms with Crippen molar-refractivity contribution in [1.82, 2.24) is 19.4 Å². The highest BCUT2D eigenvalue weighted by atomic mass is 16.2. The highest BCUT2D eigenvalue weighted by Gasteiger charge is 2.30. The molecule has 1 atom stereocenters. The minimum absolute atomic E-state index is 0.0332. The van der Waals surface area contributed by atoms with E-state index in [1.165, 1.54) is 0 Å². The third-order valence-corrected chi connectivity index (χ3v) is 4.68. The largest absolute Gasteiger partial charge is 0.339 e. The monoisotopic (exact) mass is 340 g/mol. The molecule has 1 fully saturated rings. The van der Waals surface area contributed by atoms with Crippen LogP contribution in [-0.2, 0) is 22.7 Å². The fourth-order valence-electron chi connectivity index (χ4n) is 3.23. The SMILES string of the molecule is CC[C@H]1CN(C(=O)Cn2ccnc2)CCC(=O)N1Cc1ccccc1. The molecule has 0 unspecified atom stereocenters. The topological polar surface area (TPSA) is 58.4 Å². The molecule has 0 N–H and O–H groups in total. The van der Waals surface area contributed by atoms with Crippen LogP contribution < -0.4 is 0 Å². The summed E-state index contributed by atoms with van der Waals surface area (Å²) in [4.78, 5) is 33.0. The lowest BCUT2D eigenvalue weighted by Crippen LogP contribution is -2.44. The van der Waals surface area contributed by atoms with Crippen molar-refractivity contribution in [2.24, 2.45) is 0 Å². The molecule has 6 nitrogen and oxygen atoms in total. The smallest absolute Gasteiger partial charge is 0.242 e. The van der Waals surface area contributed by atoms with Gasteiger partial charge in [0.2, 0.25) is 11.8 Å². The van der Waals surface area contributed by atoms with Gasteiger partial charge in [-0.15, -0.1) is 0 Å². The second kappa shape index (κ2) is 7.96. The molecular formula is C19H24N4O2. The normalized spacial score (nSPS) is 18.3. The van der Waals surface area contributed by atoms with Crippen LogP contribution in [0.2, 0.25) is 0 Å². The number of carbonyl (C=O) groups is 2. The first-order valence-electron chi connectivity index (χ1n) is 8.74. The van der Waals surface area contributed by atoms with Gasteiger partial charge in [0.15, 0.2) is 0 Å². The van der Waals surface area contributed by atoms with Crippen molar-refractivity contribution in [1.29, 1.82) is 0 Å². The summed E-state index contributed by atoms with van der Waals surface area (Å²) in [5.74, 6) is 0.152. The number of benzene rings is 1. The van der Waals surface area contributed by atoms with Crippen molar-refractivity contribution in [3.05, 3.63) is 54.6 Å². The lowest BCUT2D eigenvalue weighted by atomic mass is 10.1. The van der Waals surface area contributed by atoms with Gasteiger partial charge in [0.1, 0.15) is 6.54 Å². The number of aromatic nitrogens is 2. The first-order chi connectivity index (χ1) is 12.2. The molecule has 3 rings (SSSR count).